The lowest BCUT2D eigenvalue weighted by Gasteiger charge is -2.28. The van der Waals surface area contributed by atoms with Crippen molar-refractivity contribution in [1.82, 2.24) is 30.6 Å². The smallest absolute Gasteiger partial charge is 0.358 e. The summed E-state index contributed by atoms with van der Waals surface area (Å²) in [5, 5.41) is 26.4. The number of aromatic carboxylic acids is 1. The van der Waals surface area contributed by atoms with Crippen LogP contribution in [0.2, 0.25) is 0 Å². The molecule has 2 heterocycles. The summed E-state index contributed by atoms with van der Waals surface area (Å²) in [4.78, 5) is 15.8. The third-order valence-electron chi connectivity index (χ3n) is 4.31. The molecule has 1 unspecified atom stereocenters. The first-order valence-electron chi connectivity index (χ1n) is 7.66. The number of benzene rings is 1. The maximum absolute atomic E-state index is 11.5. The van der Waals surface area contributed by atoms with Gasteiger partial charge in [0.2, 0.25) is 0 Å². The van der Waals surface area contributed by atoms with Crippen LogP contribution in [0.5, 0.6) is 0 Å². The van der Waals surface area contributed by atoms with Crippen molar-refractivity contribution in [2.75, 3.05) is 0 Å². The van der Waals surface area contributed by atoms with Gasteiger partial charge in [0.05, 0.1) is 5.41 Å². The second-order valence-corrected chi connectivity index (χ2v) is 5.69. The molecule has 8 nitrogen and oxygen atoms in total. The van der Waals surface area contributed by atoms with Gasteiger partial charge in [0, 0.05) is 0 Å². The van der Waals surface area contributed by atoms with Gasteiger partial charge in [-0.3, -0.25) is 5.10 Å². The fourth-order valence-corrected chi connectivity index (χ4v) is 3.06. The van der Waals surface area contributed by atoms with E-state index in [0.29, 0.717) is 17.9 Å². The number of carbonyl (C=O) groups is 1. The highest BCUT2D eigenvalue weighted by Gasteiger charge is 2.41. The fraction of sp³-hybridized carbons (Fsp3) is 0.118. The molecule has 1 aliphatic carbocycles. The largest absolute Gasteiger partial charge is 0.476 e. The molecule has 124 valence electrons. The molecule has 1 atom stereocenters. The highest BCUT2D eigenvalue weighted by atomic mass is 16.4. The standard InChI is InChI=1S/C17H14N6O2/c24-15(25)13-14(21-23-20-13)17(16-18-10-19-22-16)8-6-12(7-9-17)11-4-2-1-3-5-11/h1-8,10H,9H2,(H,24,25)(H,18,19,22)(H,20,21,23). The number of aromatic nitrogens is 6. The lowest BCUT2D eigenvalue weighted by Crippen LogP contribution is -2.30. The summed E-state index contributed by atoms with van der Waals surface area (Å²) in [5.41, 5.74) is 1.45. The molecule has 0 aliphatic heterocycles. The summed E-state index contributed by atoms with van der Waals surface area (Å²) in [6.45, 7) is 0. The molecule has 1 aliphatic rings. The summed E-state index contributed by atoms with van der Waals surface area (Å²) in [6, 6.07) is 9.96. The minimum Gasteiger partial charge on any atom is -0.476 e. The quantitative estimate of drug-likeness (QED) is 0.670. The Bertz CT molecular complexity index is 958. The molecular formula is C17H14N6O2. The number of carboxylic acid groups (broad SMARTS) is 1. The van der Waals surface area contributed by atoms with Gasteiger partial charge < -0.3 is 5.11 Å². The van der Waals surface area contributed by atoms with Gasteiger partial charge in [-0.05, 0) is 17.6 Å². The van der Waals surface area contributed by atoms with Gasteiger partial charge in [-0.1, -0.05) is 48.6 Å². The second kappa shape index (κ2) is 5.82. The van der Waals surface area contributed by atoms with E-state index in [1.807, 2.05) is 48.6 Å². The predicted molar refractivity (Wildman–Crippen MR) is 88.7 cm³/mol. The Kier molecular flexibility index (Phi) is 3.50. The van der Waals surface area contributed by atoms with Crippen LogP contribution in [0.3, 0.4) is 0 Å². The third kappa shape index (κ3) is 2.44. The van der Waals surface area contributed by atoms with Gasteiger partial charge in [-0.25, -0.2) is 9.78 Å². The summed E-state index contributed by atoms with van der Waals surface area (Å²) in [7, 11) is 0. The summed E-state index contributed by atoms with van der Waals surface area (Å²) in [5.74, 6) is -0.627. The van der Waals surface area contributed by atoms with E-state index in [4.69, 9.17) is 0 Å². The maximum Gasteiger partial charge on any atom is 0.358 e. The number of rotatable bonds is 4. The van der Waals surface area contributed by atoms with Crippen molar-refractivity contribution in [3.8, 4) is 0 Å². The first kappa shape index (κ1) is 15.0. The molecule has 0 saturated heterocycles. The van der Waals surface area contributed by atoms with E-state index < -0.39 is 11.4 Å². The average Bonchev–Trinajstić information content (AvgIpc) is 3.35. The number of allylic oxidation sites excluding steroid dienone is 4. The van der Waals surface area contributed by atoms with E-state index in [0.717, 1.165) is 11.1 Å². The van der Waals surface area contributed by atoms with Crippen molar-refractivity contribution < 1.29 is 9.90 Å². The first-order chi connectivity index (χ1) is 12.2. The van der Waals surface area contributed by atoms with E-state index in [1.54, 1.807) is 0 Å². The Morgan fingerprint density at radius 2 is 2.04 bits per heavy atom. The number of nitrogens with one attached hydrogen (secondary N) is 2. The van der Waals surface area contributed by atoms with Crippen molar-refractivity contribution in [3.63, 3.8) is 0 Å². The molecule has 4 rings (SSSR count). The van der Waals surface area contributed by atoms with Crippen molar-refractivity contribution >= 4 is 11.5 Å². The Labute approximate surface area is 142 Å². The lowest BCUT2D eigenvalue weighted by atomic mass is 9.75. The Morgan fingerprint density at radius 3 is 2.68 bits per heavy atom. The van der Waals surface area contributed by atoms with Crippen LogP contribution in [-0.2, 0) is 5.41 Å². The zero-order chi connectivity index (χ0) is 17.3. The minimum absolute atomic E-state index is 0.127. The summed E-state index contributed by atoms with van der Waals surface area (Å²) < 4.78 is 0. The van der Waals surface area contributed by atoms with Gasteiger partial charge in [0.15, 0.2) is 5.69 Å². The fourth-order valence-electron chi connectivity index (χ4n) is 3.06. The first-order valence-corrected chi connectivity index (χ1v) is 7.66. The van der Waals surface area contributed by atoms with Crippen LogP contribution < -0.4 is 0 Å². The lowest BCUT2D eigenvalue weighted by molar-refractivity contribution is 0.0688. The van der Waals surface area contributed by atoms with Crippen LogP contribution in [0.4, 0.5) is 0 Å². The van der Waals surface area contributed by atoms with Crippen molar-refractivity contribution in [1.29, 1.82) is 0 Å². The van der Waals surface area contributed by atoms with Crippen molar-refractivity contribution in [3.05, 3.63) is 77.7 Å². The Morgan fingerprint density at radius 1 is 1.20 bits per heavy atom. The monoisotopic (exact) mass is 334 g/mol. The van der Waals surface area contributed by atoms with Gasteiger partial charge in [0.25, 0.3) is 0 Å². The zero-order valence-corrected chi connectivity index (χ0v) is 13.0. The summed E-state index contributed by atoms with van der Waals surface area (Å²) >= 11 is 0. The van der Waals surface area contributed by atoms with Crippen molar-refractivity contribution in [2.45, 2.75) is 11.8 Å². The normalized spacial score (nSPS) is 19.6. The molecule has 2 aromatic heterocycles. The highest BCUT2D eigenvalue weighted by Crippen LogP contribution is 2.40. The van der Waals surface area contributed by atoms with Gasteiger partial charge >= 0.3 is 5.97 Å². The molecule has 0 amide bonds. The van der Waals surface area contributed by atoms with Crippen LogP contribution >= 0.6 is 0 Å². The highest BCUT2D eigenvalue weighted by molar-refractivity contribution is 5.87. The van der Waals surface area contributed by atoms with E-state index in [-0.39, 0.29) is 5.69 Å². The molecule has 1 aromatic carbocycles. The average molecular weight is 334 g/mol. The van der Waals surface area contributed by atoms with E-state index >= 15 is 0 Å². The zero-order valence-electron chi connectivity index (χ0n) is 13.0. The van der Waals surface area contributed by atoms with Gasteiger partial charge in [0.1, 0.15) is 17.8 Å². The molecule has 0 bridgehead atoms. The molecule has 3 aromatic rings. The Balaban J connectivity index is 1.81. The molecule has 0 radical (unpaired) electrons. The van der Waals surface area contributed by atoms with Crippen LogP contribution in [0, 0.1) is 0 Å². The van der Waals surface area contributed by atoms with Crippen molar-refractivity contribution in [2.24, 2.45) is 0 Å². The molecule has 8 heteroatoms. The topological polar surface area (TPSA) is 120 Å². The third-order valence-corrected chi connectivity index (χ3v) is 4.31. The van der Waals surface area contributed by atoms with Gasteiger partial charge in [-0.2, -0.15) is 15.4 Å². The second-order valence-electron chi connectivity index (χ2n) is 5.69. The molecule has 25 heavy (non-hydrogen) atoms. The van der Waals surface area contributed by atoms with E-state index in [9.17, 15) is 9.90 Å². The molecule has 0 spiro atoms. The molecule has 3 N–H and O–H groups in total. The minimum atomic E-state index is -1.14. The number of hydrogen-bond donors (Lipinski definition) is 3. The SMILES string of the molecule is O=C(O)c1n[nH]nc1C1(c2ncn[nH]2)C=CC(c2ccccc2)=CC1. The number of aromatic amines is 2. The van der Waals surface area contributed by atoms with Crippen LogP contribution in [0.15, 0.2) is 54.9 Å². The number of hydrogen-bond acceptors (Lipinski definition) is 5. The molecular weight excluding hydrogens is 320 g/mol. The number of nitrogens with zero attached hydrogens (tertiary/aromatic N) is 4. The molecule has 0 fully saturated rings. The number of H-pyrrole nitrogens is 2. The van der Waals surface area contributed by atoms with Gasteiger partial charge in [-0.15, -0.1) is 5.10 Å². The van der Waals surface area contributed by atoms with Crippen LogP contribution in [0.1, 0.15) is 34.0 Å². The maximum atomic E-state index is 11.5. The van der Waals surface area contributed by atoms with E-state index in [2.05, 4.69) is 30.6 Å². The number of carboxylic acids is 1. The summed E-state index contributed by atoms with van der Waals surface area (Å²) in [6.07, 6.45) is 7.76. The van der Waals surface area contributed by atoms with Crippen LogP contribution in [-0.4, -0.2) is 41.7 Å². The predicted octanol–water partition coefficient (Wildman–Crippen LogP) is 1.95. The van der Waals surface area contributed by atoms with E-state index in [1.165, 1.54) is 6.33 Å². The molecule has 0 saturated carbocycles. The Hall–Kier alpha value is -3.55. The van der Waals surface area contributed by atoms with Crippen LogP contribution in [0.25, 0.3) is 5.57 Å².